The Morgan fingerprint density at radius 1 is 0.410 bits per heavy atom. The molecule has 0 saturated carbocycles. The van der Waals surface area contributed by atoms with Crippen LogP contribution in [0.25, 0.3) is 0 Å². The van der Waals surface area contributed by atoms with Gasteiger partial charge in [-0.2, -0.15) is 0 Å². The van der Waals surface area contributed by atoms with E-state index in [2.05, 4.69) is 66.4 Å². The molecule has 39 heavy (non-hydrogen) atoms. The molecule has 1 atom stereocenters. The summed E-state index contributed by atoms with van der Waals surface area (Å²) in [6, 6.07) is 11.2. The molecule has 0 radical (unpaired) electrons. The number of nitrogens with zero attached hydrogens (tertiary/aromatic N) is 2. The highest BCUT2D eigenvalue weighted by Crippen LogP contribution is 2.31. The van der Waals surface area contributed by atoms with Crippen molar-refractivity contribution in [1.29, 1.82) is 0 Å². The van der Waals surface area contributed by atoms with Gasteiger partial charge in [-0.25, -0.2) is 0 Å². The third-order valence-corrected chi connectivity index (χ3v) is 8.72. The smallest absolute Gasteiger partial charge is 0.127 e. The van der Waals surface area contributed by atoms with Crippen molar-refractivity contribution < 1.29 is 0 Å². The van der Waals surface area contributed by atoms with Gasteiger partial charge in [0.15, 0.2) is 0 Å². The number of hydrogen-bond acceptors (Lipinski definition) is 2. The van der Waals surface area contributed by atoms with Crippen molar-refractivity contribution in [2.24, 2.45) is 0 Å². The third kappa shape index (κ3) is 16.4. The molecule has 224 valence electrons. The van der Waals surface area contributed by atoms with Crippen LogP contribution in [0.15, 0.2) is 42.7 Å². The molecule has 1 aromatic rings. The fourth-order valence-corrected chi connectivity index (χ4v) is 6.20. The summed E-state index contributed by atoms with van der Waals surface area (Å²) in [5.41, 5.74) is 1.44. The predicted molar refractivity (Wildman–Crippen MR) is 174 cm³/mol. The Balaban J connectivity index is 1.53. The van der Waals surface area contributed by atoms with Gasteiger partial charge in [-0.1, -0.05) is 185 Å². The molecule has 2 rings (SSSR count). The van der Waals surface area contributed by atoms with Crippen molar-refractivity contribution in [2.45, 2.75) is 174 Å². The summed E-state index contributed by atoms with van der Waals surface area (Å²) in [5, 5.41) is 0. The molecular formula is C37H66N2. The lowest BCUT2D eigenvalue weighted by Crippen LogP contribution is -2.32. The minimum Gasteiger partial charge on any atom is -0.352 e. The molecule has 2 nitrogen and oxygen atoms in total. The molecule has 0 fully saturated rings. The minimum absolute atomic E-state index is 0.395. The Morgan fingerprint density at radius 2 is 0.718 bits per heavy atom. The molecule has 2 heteroatoms. The van der Waals surface area contributed by atoms with Gasteiger partial charge in [0, 0.05) is 25.5 Å². The average molecular weight is 539 g/mol. The van der Waals surface area contributed by atoms with Crippen LogP contribution in [0.1, 0.15) is 180 Å². The van der Waals surface area contributed by atoms with Crippen molar-refractivity contribution >= 4 is 0 Å². The standard InChI is InChI=1S/C37H66N2/c1-3-5-7-9-11-13-14-15-16-17-18-20-22-24-29-33-39-35-34-38(37(39)36-30-26-25-27-31-36)32-28-23-21-19-12-10-8-6-4-2/h25-27,30-31,34-35,37H,3-24,28-29,32-33H2,1-2H3. The lowest BCUT2D eigenvalue weighted by molar-refractivity contribution is 0.149. The van der Waals surface area contributed by atoms with Gasteiger partial charge < -0.3 is 9.80 Å². The Kier molecular flexibility index (Phi) is 21.1. The Morgan fingerprint density at radius 3 is 1.05 bits per heavy atom. The molecule has 1 heterocycles. The van der Waals surface area contributed by atoms with Crippen LogP contribution >= 0.6 is 0 Å². The maximum Gasteiger partial charge on any atom is 0.127 e. The third-order valence-electron chi connectivity index (χ3n) is 8.72. The summed E-state index contributed by atoms with van der Waals surface area (Å²) in [4.78, 5) is 5.20. The first kappa shape index (κ1) is 33.8. The summed E-state index contributed by atoms with van der Waals surface area (Å²) < 4.78 is 0. The first-order chi connectivity index (χ1) is 19.4. The van der Waals surface area contributed by atoms with Gasteiger partial charge in [-0.15, -0.1) is 0 Å². The zero-order valence-electron chi connectivity index (χ0n) is 26.4. The maximum atomic E-state index is 2.60. The van der Waals surface area contributed by atoms with Crippen molar-refractivity contribution in [3.8, 4) is 0 Å². The van der Waals surface area contributed by atoms with E-state index < -0.39 is 0 Å². The quantitative estimate of drug-likeness (QED) is 0.103. The second kappa shape index (κ2) is 24.4. The number of unbranched alkanes of at least 4 members (excludes halogenated alkanes) is 22. The molecule has 1 unspecified atom stereocenters. The predicted octanol–water partition coefficient (Wildman–Crippen LogP) is 12.2. The highest BCUT2D eigenvalue weighted by Gasteiger charge is 2.26. The average Bonchev–Trinajstić information content (AvgIpc) is 3.37. The molecule has 1 aliphatic heterocycles. The van der Waals surface area contributed by atoms with E-state index in [1.807, 2.05) is 0 Å². The summed E-state index contributed by atoms with van der Waals surface area (Å²) in [6.07, 6.45) is 39.2. The molecule has 0 spiro atoms. The van der Waals surface area contributed by atoms with Crippen LogP contribution in [0.4, 0.5) is 0 Å². The van der Waals surface area contributed by atoms with E-state index >= 15 is 0 Å². The van der Waals surface area contributed by atoms with E-state index in [9.17, 15) is 0 Å². The van der Waals surface area contributed by atoms with Crippen molar-refractivity contribution in [1.82, 2.24) is 9.80 Å². The largest absolute Gasteiger partial charge is 0.352 e. The molecule has 0 N–H and O–H groups in total. The maximum absolute atomic E-state index is 2.60. The molecule has 0 saturated heterocycles. The van der Waals surface area contributed by atoms with Gasteiger partial charge in [0.1, 0.15) is 6.17 Å². The summed E-state index contributed by atoms with van der Waals surface area (Å²) in [6.45, 7) is 6.97. The Labute approximate surface area is 245 Å². The molecule has 0 aromatic heterocycles. The van der Waals surface area contributed by atoms with Crippen LogP contribution < -0.4 is 0 Å². The lowest BCUT2D eigenvalue weighted by Gasteiger charge is -2.33. The second-order valence-corrected chi connectivity index (χ2v) is 12.3. The first-order valence-corrected chi connectivity index (χ1v) is 17.6. The van der Waals surface area contributed by atoms with E-state index in [0.717, 1.165) is 0 Å². The number of benzene rings is 1. The SMILES string of the molecule is CCCCCCCCCCCCCCCCCN1C=CN(CCCCCCCCCCC)C1c1ccccc1. The lowest BCUT2D eigenvalue weighted by atomic mass is 10.0. The van der Waals surface area contributed by atoms with Crippen LogP contribution in [0.3, 0.4) is 0 Å². The molecule has 0 amide bonds. The molecule has 0 bridgehead atoms. The van der Waals surface area contributed by atoms with Gasteiger partial charge in [0.25, 0.3) is 0 Å². The Bertz CT molecular complexity index is 669. The highest BCUT2D eigenvalue weighted by molar-refractivity contribution is 5.21. The first-order valence-electron chi connectivity index (χ1n) is 17.6. The van der Waals surface area contributed by atoms with Crippen LogP contribution in [0.2, 0.25) is 0 Å². The number of rotatable bonds is 27. The second-order valence-electron chi connectivity index (χ2n) is 12.3. The monoisotopic (exact) mass is 539 g/mol. The zero-order valence-corrected chi connectivity index (χ0v) is 26.4. The van der Waals surface area contributed by atoms with E-state index in [0.29, 0.717) is 6.17 Å². The van der Waals surface area contributed by atoms with Crippen molar-refractivity contribution in [2.75, 3.05) is 13.1 Å². The zero-order chi connectivity index (χ0) is 27.6. The van der Waals surface area contributed by atoms with Gasteiger partial charge >= 0.3 is 0 Å². The van der Waals surface area contributed by atoms with Gasteiger partial charge in [-0.05, 0) is 18.4 Å². The van der Waals surface area contributed by atoms with Gasteiger partial charge in [-0.3, -0.25) is 0 Å². The fourth-order valence-electron chi connectivity index (χ4n) is 6.20. The van der Waals surface area contributed by atoms with Crippen molar-refractivity contribution in [3.63, 3.8) is 0 Å². The fraction of sp³-hybridized carbons (Fsp3) is 0.784. The van der Waals surface area contributed by atoms with Gasteiger partial charge in [0.2, 0.25) is 0 Å². The summed E-state index contributed by atoms with van der Waals surface area (Å²) >= 11 is 0. The highest BCUT2D eigenvalue weighted by atomic mass is 15.4. The van der Waals surface area contributed by atoms with E-state index in [1.54, 1.807) is 0 Å². The van der Waals surface area contributed by atoms with Crippen LogP contribution in [0.5, 0.6) is 0 Å². The Hall–Kier alpha value is -1.44. The minimum atomic E-state index is 0.395. The van der Waals surface area contributed by atoms with Crippen molar-refractivity contribution in [3.05, 3.63) is 48.3 Å². The molecule has 1 aromatic carbocycles. The van der Waals surface area contributed by atoms with E-state index in [4.69, 9.17) is 0 Å². The van der Waals surface area contributed by atoms with E-state index in [1.165, 1.54) is 173 Å². The van der Waals surface area contributed by atoms with Crippen LogP contribution in [-0.2, 0) is 0 Å². The molecule has 0 aliphatic carbocycles. The molecular weight excluding hydrogens is 472 g/mol. The summed E-state index contributed by atoms with van der Waals surface area (Å²) in [5.74, 6) is 0. The molecule has 1 aliphatic rings. The normalized spacial score (nSPS) is 15.1. The topological polar surface area (TPSA) is 6.48 Å². The van der Waals surface area contributed by atoms with Crippen LogP contribution in [0, 0.1) is 0 Å². The number of hydrogen-bond donors (Lipinski definition) is 0. The van der Waals surface area contributed by atoms with Crippen LogP contribution in [-0.4, -0.2) is 22.9 Å². The van der Waals surface area contributed by atoms with Gasteiger partial charge in [0.05, 0.1) is 0 Å². The summed E-state index contributed by atoms with van der Waals surface area (Å²) in [7, 11) is 0. The van der Waals surface area contributed by atoms with E-state index in [-0.39, 0.29) is 0 Å².